The summed E-state index contributed by atoms with van der Waals surface area (Å²) >= 11 is 0. The quantitative estimate of drug-likeness (QED) is 0.570. The summed E-state index contributed by atoms with van der Waals surface area (Å²) in [6.45, 7) is 0. The van der Waals surface area contributed by atoms with Gasteiger partial charge in [-0.3, -0.25) is 0 Å². The molecule has 0 aromatic heterocycles. The van der Waals surface area contributed by atoms with Crippen molar-refractivity contribution in [2.45, 2.75) is 5.79 Å². The average Bonchev–Trinajstić information content (AvgIpc) is 2.39. The zero-order valence-corrected chi connectivity index (χ0v) is 13.8. The molecule has 6 nitrogen and oxygen atoms in total. The number of rotatable bonds is 4. The van der Waals surface area contributed by atoms with Crippen molar-refractivity contribution in [3.63, 3.8) is 0 Å². The van der Waals surface area contributed by atoms with Gasteiger partial charge in [0, 0.05) is 28.2 Å². The molecule has 0 spiro atoms. The Bertz CT molecular complexity index is 429. The molecule has 0 atom stereocenters. The van der Waals surface area contributed by atoms with Gasteiger partial charge in [0.2, 0.25) is 0 Å². The molecule has 7 heteroatoms. The number of urea groups is 2. The molecule has 110 valence electrons. The van der Waals surface area contributed by atoms with Crippen LogP contribution in [0.25, 0.3) is 0 Å². The minimum Gasteiger partial charge on any atom is -0.331 e. The van der Waals surface area contributed by atoms with Crippen LogP contribution in [0.5, 0.6) is 0 Å². The van der Waals surface area contributed by atoms with Crippen molar-refractivity contribution in [1.82, 2.24) is 20.4 Å². The zero-order chi connectivity index (χ0) is 15.1. The predicted octanol–water partition coefficient (Wildman–Crippen LogP) is -0.693. The average molecular weight is 294 g/mol. The van der Waals surface area contributed by atoms with Crippen molar-refractivity contribution < 1.29 is 9.59 Å². The largest absolute Gasteiger partial charge is 0.331 e. The lowest BCUT2D eigenvalue weighted by Crippen LogP contribution is -2.58. The normalized spacial score (nSPS) is 10.7. The maximum atomic E-state index is 11.8. The number of amides is 4. The van der Waals surface area contributed by atoms with Crippen molar-refractivity contribution in [2.24, 2.45) is 0 Å². The van der Waals surface area contributed by atoms with E-state index in [0.29, 0.717) is 0 Å². The highest BCUT2D eigenvalue weighted by Crippen LogP contribution is 1.88. The van der Waals surface area contributed by atoms with Crippen molar-refractivity contribution in [1.29, 1.82) is 0 Å². The summed E-state index contributed by atoms with van der Waals surface area (Å²) in [5.41, 5.74) is 0. The van der Waals surface area contributed by atoms with E-state index >= 15 is 0 Å². The Morgan fingerprint density at radius 1 is 0.950 bits per heavy atom. The van der Waals surface area contributed by atoms with Crippen LogP contribution in [0.2, 0.25) is 0 Å². The highest BCUT2D eigenvalue weighted by atomic mass is 28.2. The fourth-order valence-corrected chi connectivity index (χ4v) is 3.11. The fraction of sp³-hybridized carbons (Fsp3) is 0.385. The summed E-state index contributed by atoms with van der Waals surface area (Å²) < 4.78 is 0. The summed E-state index contributed by atoms with van der Waals surface area (Å²) in [6, 6.07) is 9.48. The Morgan fingerprint density at radius 2 is 1.40 bits per heavy atom. The molecule has 0 bridgehead atoms. The third kappa shape index (κ3) is 5.31. The zero-order valence-electron chi connectivity index (χ0n) is 12.4. The van der Waals surface area contributed by atoms with Gasteiger partial charge in [0.1, 0.15) is 9.52 Å². The lowest BCUT2D eigenvalue weighted by atomic mass is 10.4. The first kappa shape index (κ1) is 16.0. The van der Waals surface area contributed by atoms with Gasteiger partial charge in [-0.05, 0) is 0 Å². The molecule has 1 aromatic rings. The molecule has 2 N–H and O–H groups in total. The van der Waals surface area contributed by atoms with E-state index in [1.54, 1.807) is 28.2 Å². The second kappa shape index (κ2) is 7.54. The van der Waals surface area contributed by atoms with E-state index in [-0.39, 0.29) is 17.9 Å². The van der Waals surface area contributed by atoms with Gasteiger partial charge in [0.15, 0.2) is 0 Å². The predicted molar refractivity (Wildman–Crippen MR) is 82.8 cm³/mol. The van der Waals surface area contributed by atoms with Crippen LogP contribution in [0, 0.1) is 0 Å². The van der Waals surface area contributed by atoms with Crippen LogP contribution in [0.1, 0.15) is 0 Å². The van der Waals surface area contributed by atoms with Crippen LogP contribution in [-0.2, 0) is 0 Å². The van der Waals surface area contributed by atoms with Crippen LogP contribution in [0.15, 0.2) is 30.3 Å². The summed E-state index contributed by atoms with van der Waals surface area (Å²) in [7, 11) is 5.82. The van der Waals surface area contributed by atoms with Gasteiger partial charge < -0.3 is 20.4 Å². The Morgan fingerprint density at radius 3 is 1.80 bits per heavy atom. The molecule has 0 heterocycles. The third-order valence-corrected chi connectivity index (χ3v) is 4.45. The molecule has 0 saturated carbocycles. The fourth-order valence-electron chi connectivity index (χ4n) is 1.54. The van der Waals surface area contributed by atoms with E-state index in [4.69, 9.17) is 0 Å². The van der Waals surface area contributed by atoms with Gasteiger partial charge in [0.05, 0.1) is 5.79 Å². The highest BCUT2D eigenvalue weighted by Gasteiger charge is 2.17. The van der Waals surface area contributed by atoms with Crippen LogP contribution in [0.3, 0.4) is 0 Å². The first-order chi connectivity index (χ1) is 9.40. The number of benzene rings is 1. The molecule has 4 amide bonds. The van der Waals surface area contributed by atoms with Gasteiger partial charge in [-0.2, -0.15) is 0 Å². The van der Waals surface area contributed by atoms with Gasteiger partial charge in [-0.1, -0.05) is 35.5 Å². The lowest BCUT2D eigenvalue weighted by Gasteiger charge is -2.24. The highest BCUT2D eigenvalue weighted by molar-refractivity contribution is 6.55. The summed E-state index contributed by atoms with van der Waals surface area (Å²) in [5, 5.41) is 6.86. The molecule has 0 saturated heterocycles. The summed E-state index contributed by atoms with van der Waals surface area (Å²) in [4.78, 5) is 26.4. The first-order valence-corrected chi connectivity index (χ1v) is 7.92. The topological polar surface area (TPSA) is 64.7 Å². The second-order valence-corrected chi connectivity index (χ2v) is 6.97. The van der Waals surface area contributed by atoms with Crippen molar-refractivity contribution in [3.8, 4) is 0 Å². The molecule has 0 unspecified atom stereocenters. The smallest absolute Gasteiger partial charge is 0.318 e. The Kier molecular flexibility index (Phi) is 6.04. The number of hydrogen-bond acceptors (Lipinski definition) is 2. The summed E-state index contributed by atoms with van der Waals surface area (Å²) in [5.74, 6) is -0.317. The van der Waals surface area contributed by atoms with Gasteiger partial charge in [0.25, 0.3) is 0 Å². The monoisotopic (exact) mass is 294 g/mol. The molecule has 0 aliphatic heterocycles. The van der Waals surface area contributed by atoms with E-state index in [2.05, 4.69) is 10.6 Å². The van der Waals surface area contributed by atoms with E-state index < -0.39 is 9.52 Å². The molecule has 20 heavy (non-hydrogen) atoms. The molecule has 1 aromatic carbocycles. The van der Waals surface area contributed by atoms with E-state index in [1.807, 2.05) is 30.3 Å². The Labute approximate surface area is 122 Å². The van der Waals surface area contributed by atoms with Crippen LogP contribution >= 0.6 is 0 Å². The number of hydrogen-bond donors (Lipinski definition) is 2. The number of carbonyl (C=O) groups excluding carboxylic acids is 2. The minimum absolute atomic E-state index is 0.211. The Balaban J connectivity index is 2.73. The second-order valence-electron chi connectivity index (χ2n) is 4.93. The molecule has 0 aliphatic carbocycles. The molecule has 1 rings (SSSR count). The maximum absolute atomic E-state index is 11.8. The van der Waals surface area contributed by atoms with Crippen LogP contribution in [0.4, 0.5) is 9.59 Å². The molecule has 0 radical (unpaired) electrons. The third-order valence-electron chi connectivity index (χ3n) is 2.69. The van der Waals surface area contributed by atoms with E-state index in [0.717, 1.165) is 0 Å². The molecule has 0 fully saturated rings. The van der Waals surface area contributed by atoms with E-state index in [1.165, 1.54) is 15.0 Å². The molecular weight excluding hydrogens is 272 g/mol. The SMILES string of the molecule is CN(C)C(=O)NC(NC(=O)N(C)C)[SiH2]c1ccccc1. The van der Waals surface area contributed by atoms with Crippen molar-refractivity contribution in [3.05, 3.63) is 30.3 Å². The van der Waals surface area contributed by atoms with Crippen molar-refractivity contribution in [2.75, 3.05) is 28.2 Å². The number of nitrogens with zero attached hydrogens (tertiary/aromatic N) is 2. The summed E-state index contributed by atoms with van der Waals surface area (Å²) in [6.07, 6.45) is 0. The van der Waals surface area contributed by atoms with Crippen LogP contribution < -0.4 is 15.8 Å². The maximum Gasteiger partial charge on any atom is 0.318 e. The van der Waals surface area contributed by atoms with Crippen LogP contribution in [-0.4, -0.2) is 65.4 Å². The van der Waals surface area contributed by atoms with Crippen molar-refractivity contribution >= 4 is 26.8 Å². The van der Waals surface area contributed by atoms with E-state index in [9.17, 15) is 9.59 Å². The molecule has 0 aliphatic rings. The Hall–Kier alpha value is -2.02. The standard InChI is InChI=1S/C13H22N4O2Si/c1-16(2)12(18)14-11(15-13(19)17(3)4)20-10-8-6-5-7-9-10/h5-9,11H,20H2,1-4H3,(H,14,18)(H,15,19). The van der Waals surface area contributed by atoms with Gasteiger partial charge >= 0.3 is 12.1 Å². The molecular formula is C13H22N4O2Si. The minimum atomic E-state index is -0.864. The first-order valence-electron chi connectivity index (χ1n) is 6.39. The number of nitrogens with one attached hydrogen (secondary N) is 2. The van der Waals surface area contributed by atoms with Gasteiger partial charge in [-0.15, -0.1) is 0 Å². The number of carbonyl (C=O) groups is 2. The lowest BCUT2D eigenvalue weighted by molar-refractivity contribution is 0.207. The van der Waals surface area contributed by atoms with Gasteiger partial charge in [-0.25, -0.2) is 9.59 Å².